The molecular weight excluding hydrogens is 435 g/mol. The molecule has 0 aliphatic carbocycles. The summed E-state index contributed by atoms with van der Waals surface area (Å²) in [4.78, 5) is 14.4. The van der Waals surface area contributed by atoms with E-state index in [2.05, 4.69) is 72.6 Å². The molecule has 0 saturated carbocycles. The van der Waals surface area contributed by atoms with Crippen molar-refractivity contribution in [3.63, 3.8) is 0 Å². The van der Waals surface area contributed by atoms with E-state index >= 15 is 0 Å². The zero-order valence-corrected chi connectivity index (χ0v) is 23.5. The highest BCUT2D eigenvalue weighted by molar-refractivity contribution is 7.78. The summed E-state index contributed by atoms with van der Waals surface area (Å²) in [7, 11) is 0. The van der Waals surface area contributed by atoms with Gasteiger partial charge in [0.25, 0.3) is 0 Å². The second kappa shape index (κ2) is 17.0. The molecule has 0 fully saturated rings. The number of hydrogen-bond acceptors (Lipinski definition) is 4. The van der Waals surface area contributed by atoms with E-state index in [1.165, 1.54) is 12.1 Å². The van der Waals surface area contributed by atoms with E-state index in [9.17, 15) is 9.18 Å². The Bertz CT molecular complexity index is 637. The largest absolute Gasteiger partial charge is 0.444 e. The van der Waals surface area contributed by atoms with Crippen molar-refractivity contribution in [3.05, 3.63) is 48.8 Å². The molecule has 1 aromatic carbocycles. The lowest BCUT2D eigenvalue weighted by Gasteiger charge is -2.39. The number of carbonyl (C=O) groups excluding carboxylic acids is 1. The fraction of sp³-hybridized carbons (Fsp3) is 0.667. The van der Waals surface area contributed by atoms with E-state index in [1.807, 2.05) is 31.7 Å². The van der Waals surface area contributed by atoms with Crippen molar-refractivity contribution in [2.45, 2.75) is 99.8 Å². The number of thiol groups is 1. The number of rotatable bonds is 7. The molecule has 6 heteroatoms. The van der Waals surface area contributed by atoms with Gasteiger partial charge >= 0.3 is 6.09 Å². The predicted molar refractivity (Wildman–Crippen MR) is 144 cm³/mol. The van der Waals surface area contributed by atoms with Crippen LogP contribution in [0.1, 0.15) is 82.1 Å². The Kier molecular flexibility index (Phi) is 17.3. The molecule has 1 amide bonds. The molecule has 0 radical (unpaired) electrons. The molecule has 0 aromatic heterocycles. The topological polar surface area (TPSA) is 41.6 Å². The van der Waals surface area contributed by atoms with Crippen LogP contribution in [-0.4, -0.2) is 35.2 Å². The van der Waals surface area contributed by atoms with Gasteiger partial charge in [0.1, 0.15) is 11.4 Å². The molecule has 1 N–H and O–H groups in total. The third kappa shape index (κ3) is 19.6. The minimum atomic E-state index is -0.491. The Hall–Kier alpha value is -1.53. The number of carbonyl (C=O) groups is 1. The molecule has 2 atom stereocenters. The van der Waals surface area contributed by atoms with Crippen molar-refractivity contribution in [1.82, 2.24) is 9.62 Å². The Labute approximate surface area is 208 Å². The quantitative estimate of drug-likeness (QED) is 0.305. The molecule has 192 valence electrons. The second-order valence-electron chi connectivity index (χ2n) is 10.9. The lowest BCUT2D eigenvalue weighted by Crippen LogP contribution is -2.48. The summed E-state index contributed by atoms with van der Waals surface area (Å²) < 4.78 is 20.4. The monoisotopic (exact) mass is 484 g/mol. The van der Waals surface area contributed by atoms with Crippen molar-refractivity contribution in [2.75, 3.05) is 6.54 Å². The van der Waals surface area contributed by atoms with Gasteiger partial charge in [-0.25, -0.2) is 9.18 Å². The van der Waals surface area contributed by atoms with E-state index < -0.39 is 5.60 Å². The molecule has 0 saturated heterocycles. The van der Waals surface area contributed by atoms with Crippen LogP contribution in [0, 0.1) is 17.2 Å². The molecule has 0 spiro atoms. The fourth-order valence-electron chi connectivity index (χ4n) is 2.38. The Morgan fingerprint density at radius 2 is 1.61 bits per heavy atom. The number of nitrogens with zero attached hydrogens (tertiary/aromatic N) is 1. The van der Waals surface area contributed by atoms with Crippen LogP contribution in [0.5, 0.6) is 0 Å². The summed E-state index contributed by atoms with van der Waals surface area (Å²) in [6.45, 7) is 25.0. The molecule has 0 heterocycles. The van der Waals surface area contributed by atoms with Crippen LogP contribution >= 0.6 is 12.8 Å². The molecule has 1 aromatic rings. The molecule has 0 aliphatic rings. The van der Waals surface area contributed by atoms with E-state index in [-0.39, 0.29) is 29.4 Å². The van der Waals surface area contributed by atoms with Crippen LogP contribution in [0.15, 0.2) is 43.0 Å². The van der Waals surface area contributed by atoms with E-state index in [4.69, 9.17) is 4.74 Å². The third-order valence-electron chi connectivity index (χ3n) is 4.43. The van der Waals surface area contributed by atoms with Crippen molar-refractivity contribution < 1.29 is 13.9 Å². The molecule has 0 aliphatic heterocycles. The molecule has 4 nitrogen and oxygen atoms in total. The van der Waals surface area contributed by atoms with Gasteiger partial charge in [-0.2, -0.15) is 0 Å². The van der Waals surface area contributed by atoms with Crippen molar-refractivity contribution in [2.24, 2.45) is 11.3 Å². The lowest BCUT2D eigenvalue weighted by atomic mass is 9.87. The van der Waals surface area contributed by atoms with Crippen LogP contribution in [0.2, 0.25) is 0 Å². The molecule has 0 bridgehead atoms. The highest BCUT2D eigenvalue weighted by Crippen LogP contribution is 2.26. The average Bonchev–Trinajstić information content (AvgIpc) is 2.65. The smallest absolute Gasteiger partial charge is 0.410 e. The molecule has 1 rings (SSSR count). The third-order valence-corrected chi connectivity index (χ3v) is 4.80. The van der Waals surface area contributed by atoms with Crippen molar-refractivity contribution in [1.29, 1.82) is 0 Å². The first-order valence-corrected chi connectivity index (χ1v) is 12.2. The van der Waals surface area contributed by atoms with Gasteiger partial charge in [0.05, 0.1) is 0 Å². The minimum Gasteiger partial charge on any atom is -0.444 e. The van der Waals surface area contributed by atoms with E-state index in [0.29, 0.717) is 6.54 Å². The SMILES string of the molecule is C=CCC(CCN(C(=O)OC(C)(C)C)C(C)C(C)(C)C)NS.CC(C)C.Fc1ccccc1. The number of ether oxygens (including phenoxy) is 1. The number of nitrogens with one attached hydrogen (secondary N) is 1. The minimum absolute atomic E-state index is 0.0147. The fourth-order valence-corrected chi connectivity index (χ4v) is 2.61. The molecular formula is C27H49FN2O2S. The summed E-state index contributed by atoms with van der Waals surface area (Å²) in [5, 5.41) is 0. The van der Waals surface area contributed by atoms with Gasteiger partial charge < -0.3 is 9.64 Å². The second-order valence-corrected chi connectivity index (χ2v) is 11.1. The normalized spacial score (nSPS) is 13.0. The first-order valence-electron chi connectivity index (χ1n) is 11.8. The Morgan fingerprint density at radius 1 is 1.12 bits per heavy atom. The number of amides is 1. The van der Waals surface area contributed by atoms with Gasteiger partial charge in [-0.1, -0.05) is 78.6 Å². The van der Waals surface area contributed by atoms with Gasteiger partial charge in [-0.3, -0.25) is 4.72 Å². The maximum absolute atomic E-state index is 12.5. The highest BCUT2D eigenvalue weighted by atomic mass is 32.1. The van der Waals surface area contributed by atoms with Gasteiger partial charge in [0.15, 0.2) is 0 Å². The predicted octanol–water partition coefficient (Wildman–Crippen LogP) is 7.92. The first-order chi connectivity index (χ1) is 15.0. The van der Waals surface area contributed by atoms with Crippen LogP contribution < -0.4 is 4.72 Å². The van der Waals surface area contributed by atoms with Gasteiger partial charge in [-0.05, 0) is 64.0 Å². The van der Waals surface area contributed by atoms with E-state index in [0.717, 1.165) is 18.8 Å². The van der Waals surface area contributed by atoms with Crippen molar-refractivity contribution in [3.8, 4) is 0 Å². The van der Waals surface area contributed by atoms with Crippen LogP contribution in [-0.2, 0) is 4.74 Å². The van der Waals surface area contributed by atoms with Crippen LogP contribution in [0.3, 0.4) is 0 Å². The first kappa shape index (κ1) is 33.6. The zero-order valence-electron chi connectivity index (χ0n) is 22.6. The molecule has 33 heavy (non-hydrogen) atoms. The average molecular weight is 485 g/mol. The number of benzene rings is 1. The highest BCUT2D eigenvalue weighted by Gasteiger charge is 2.32. The van der Waals surface area contributed by atoms with E-state index in [1.54, 1.807) is 18.2 Å². The Morgan fingerprint density at radius 3 is 1.91 bits per heavy atom. The summed E-state index contributed by atoms with van der Waals surface area (Å²) >= 11 is 4.15. The van der Waals surface area contributed by atoms with Crippen molar-refractivity contribution >= 4 is 18.9 Å². The zero-order chi connectivity index (χ0) is 26.2. The lowest BCUT2D eigenvalue weighted by molar-refractivity contribution is 0.00448. The summed E-state index contributed by atoms with van der Waals surface area (Å²) in [5.74, 6) is 0.655. The number of hydrogen-bond donors (Lipinski definition) is 2. The summed E-state index contributed by atoms with van der Waals surface area (Å²) in [6.07, 6.45) is 3.22. The summed E-state index contributed by atoms with van der Waals surface area (Å²) in [5.41, 5.74) is -0.505. The maximum atomic E-state index is 12.5. The van der Waals surface area contributed by atoms with Gasteiger partial charge in [0.2, 0.25) is 0 Å². The summed E-state index contributed by atoms with van der Waals surface area (Å²) in [6, 6.07) is 8.21. The Balaban J connectivity index is 0. The number of halogens is 1. The molecule has 2 unspecified atom stereocenters. The van der Waals surface area contributed by atoms with Crippen LogP contribution in [0.25, 0.3) is 0 Å². The van der Waals surface area contributed by atoms with Gasteiger partial charge in [-0.15, -0.1) is 6.58 Å². The standard InChI is InChI=1S/C17H34N2O2S.C6H5F.C4H10/c1-9-10-14(18-22)11-12-19(13(2)16(3,4)5)15(20)21-17(6,7)8;7-6-4-2-1-3-5-6;1-4(2)3/h9,13-14,18,22H,1,10-12H2,2-8H3;1-5H;4H,1-3H3. The van der Waals surface area contributed by atoms with Gasteiger partial charge in [0, 0.05) is 18.6 Å². The maximum Gasteiger partial charge on any atom is 0.410 e. The van der Waals surface area contributed by atoms with Crippen LogP contribution in [0.4, 0.5) is 9.18 Å².